The molecule has 0 saturated carbocycles. The summed E-state index contributed by atoms with van der Waals surface area (Å²) < 4.78 is 2.01. The molecule has 0 amide bonds. The minimum Gasteiger partial charge on any atom is -0.337 e. The summed E-state index contributed by atoms with van der Waals surface area (Å²) in [4.78, 5) is 26.4. The Morgan fingerprint density at radius 1 is 1.43 bits per heavy atom. The number of hydrogen-bond acceptors (Lipinski definition) is 4. The number of rotatable bonds is 3. The molecular formula is C15H21N5O. The van der Waals surface area contributed by atoms with Crippen molar-refractivity contribution in [3.05, 3.63) is 45.7 Å². The summed E-state index contributed by atoms with van der Waals surface area (Å²) >= 11 is 0. The van der Waals surface area contributed by atoms with Crippen LogP contribution in [0, 0.1) is 0 Å². The summed E-state index contributed by atoms with van der Waals surface area (Å²) in [6.07, 6.45) is 4.57. The van der Waals surface area contributed by atoms with Gasteiger partial charge in [-0.1, -0.05) is 13.8 Å². The second kappa shape index (κ2) is 5.44. The maximum atomic E-state index is 12.3. The highest BCUT2D eigenvalue weighted by atomic mass is 16.1. The Kier molecular flexibility index (Phi) is 3.63. The zero-order valence-corrected chi connectivity index (χ0v) is 12.8. The zero-order valence-electron chi connectivity index (χ0n) is 12.8. The van der Waals surface area contributed by atoms with E-state index in [1.807, 2.05) is 31.7 Å². The fraction of sp³-hybridized carbons (Fsp3) is 0.533. The van der Waals surface area contributed by atoms with Crippen LogP contribution in [0.25, 0.3) is 0 Å². The van der Waals surface area contributed by atoms with Gasteiger partial charge in [-0.25, -0.2) is 9.97 Å². The standard InChI is InChI=1S/C15H21N5O/c1-10(2)14-17-12-4-6-20(8-11(12)15(21)18-14)9-13-16-5-7-19(13)3/h5,7,10H,4,6,8-9H2,1-3H3,(H,17,18,21). The first kappa shape index (κ1) is 14.0. The largest absolute Gasteiger partial charge is 0.337 e. The molecule has 0 spiro atoms. The zero-order chi connectivity index (χ0) is 15.0. The van der Waals surface area contributed by atoms with E-state index in [4.69, 9.17) is 0 Å². The monoisotopic (exact) mass is 287 g/mol. The smallest absolute Gasteiger partial charge is 0.255 e. The quantitative estimate of drug-likeness (QED) is 0.920. The molecule has 0 atom stereocenters. The Morgan fingerprint density at radius 2 is 2.24 bits per heavy atom. The van der Waals surface area contributed by atoms with Gasteiger partial charge in [-0.15, -0.1) is 0 Å². The molecule has 0 saturated heterocycles. The van der Waals surface area contributed by atoms with Gasteiger partial charge in [0.15, 0.2) is 0 Å². The lowest BCUT2D eigenvalue weighted by Gasteiger charge is -2.27. The number of imidazole rings is 1. The van der Waals surface area contributed by atoms with Crippen LogP contribution in [0.15, 0.2) is 17.2 Å². The number of aromatic nitrogens is 4. The Bertz CT molecular complexity index is 700. The van der Waals surface area contributed by atoms with E-state index in [-0.39, 0.29) is 11.5 Å². The van der Waals surface area contributed by atoms with Crippen LogP contribution >= 0.6 is 0 Å². The average molecular weight is 287 g/mol. The molecule has 0 aliphatic carbocycles. The highest BCUT2D eigenvalue weighted by molar-refractivity contribution is 5.21. The lowest BCUT2D eigenvalue weighted by Crippen LogP contribution is -2.36. The summed E-state index contributed by atoms with van der Waals surface area (Å²) in [6.45, 7) is 6.40. The maximum absolute atomic E-state index is 12.3. The van der Waals surface area contributed by atoms with Crippen molar-refractivity contribution in [1.82, 2.24) is 24.4 Å². The SMILES string of the molecule is CC(C)c1nc2c(c(=O)[nH]1)CN(Cc1nccn1C)CC2. The van der Waals surface area contributed by atoms with E-state index < -0.39 is 0 Å². The molecule has 0 aromatic carbocycles. The van der Waals surface area contributed by atoms with Crippen LogP contribution in [0.3, 0.4) is 0 Å². The van der Waals surface area contributed by atoms with Crippen molar-refractivity contribution < 1.29 is 0 Å². The fourth-order valence-corrected chi connectivity index (χ4v) is 2.66. The van der Waals surface area contributed by atoms with Gasteiger partial charge in [0.2, 0.25) is 0 Å². The predicted molar refractivity (Wildman–Crippen MR) is 80.0 cm³/mol. The minimum atomic E-state index is 0.00763. The molecule has 6 nitrogen and oxygen atoms in total. The lowest BCUT2D eigenvalue weighted by molar-refractivity contribution is 0.233. The molecule has 2 aromatic heterocycles. The van der Waals surface area contributed by atoms with E-state index in [1.54, 1.807) is 6.20 Å². The summed E-state index contributed by atoms with van der Waals surface area (Å²) in [6, 6.07) is 0. The minimum absolute atomic E-state index is 0.00763. The van der Waals surface area contributed by atoms with E-state index in [2.05, 4.69) is 19.9 Å². The third kappa shape index (κ3) is 2.76. The van der Waals surface area contributed by atoms with Crippen molar-refractivity contribution in [3.8, 4) is 0 Å². The van der Waals surface area contributed by atoms with Gasteiger partial charge in [-0.3, -0.25) is 9.69 Å². The van der Waals surface area contributed by atoms with Crippen LogP contribution in [0.1, 0.15) is 42.7 Å². The summed E-state index contributed by atoms with van der Waals surface area (Å²) in [5.74, 6) is 2.05. The molecule has 0 bridgehead atoms. The number of aryl methyl sites for hydroxylation is 1. The normalized spacial score (nSPS) is 15.4. The molecule has 2 aromatic rings. The van der Waals surface area contributed by atoms with Gasteiger partial charge in [-0.2, -0.15) is 0 Å². The van der Waals surface area contributed by atoms with Gasteiger partial charge >= 0.3 is 0 Å². The number of hydrogen-bond donors (Lipinski definition) is 1. The van der Waals surface area contributed by atoms with Gasteiger partial charge in [0.25, 0.3) is 5.56 Å². The number of nitrogens with one attached hydrogen (secondary N) is 1. The van der Waals surface area contributed by atoms with Crippen molar-refractivity contribution in [2.45, 2.75) is 39.3 Å². The Morgan fingerprint density at radius 3 is 2.90 bits per heavy atom. The molecule has 1 aliphatic heterocycles. The Hall–Kier alpha value is -1.95. The van der Waals surface area contributed by atoms with Crippen LogP contribution in [-0.4, -0.2) is 31.0 Å². The highest BCUT2D eigenvalue weighted by Gasteiger charge is 2.22. The Balaban J connectivity index is 1.83. The van der Waals surface area contributed by atoms with Crippen molar-refractivity contribution in [3.63, 3.8) is 0 Å². The lowest BCUT2D eigenvalue weighted by atomic mass is 10.1. The summed E-state index contributed by atoms with van der Waals surface area (Å²) in [5, 5.41) is 0. The molecule has 0 fully saturated rings. The van der Waals surface area contributed by atoms with E-state index >= 15 is 0 Å². The molecule has 112 valence electrons. The van der Waals surface area contributed by atoms with E-state index in [9.17, 15) is 4.79 Å². The first-order chi connectivity index (χ1) is 10.0. The third-order valence-corrected chi connectivity index (χ3v) is 4.00. The van der Waals surface area contributed by atoms with Gasteiger partial charge in [0.1, 0.15) is 11.6 Å². The second-order valence-corrected chi connectivity index (χ2v) is 5.95. The van der Waals surface area contributed by atoms with Crippen LogP contribution in [0.5, 0.6) is 0 Å². The number of nitrogens with zero attached hydrogens (tertiary/aromatic N) is 4. The summed E-state index contributed by atoms with van der Waals surface area (Å²) in [7, 11) is 1.99. The molecule has 1 N–H and O–H groups in total. The number of H-pyrrole nitrogens is 1. The van der Waals surface area contributed by atoms with Gasteiger partial charge in [0, 0.05) is 44.9 Å². The molecule has 0 unspecified atom stereocenters. The molecule has 3 heterocycles. The molecule has 21 heavy (non-hydrogen) atoms. The summed E-state index contributed by atoms with van der Waals surface area (Å²) in [5.41, 5.74) is 1.77. The fourth-order valence-electron chi connectivity index (χ4n) is 2.66. The topological polar surface area (TPSA) is 66.8 Å². The molecule has 3 rings (SSSR count). The third-order valence-electron chi connectivity index (χ3n) is 4.00. The van der Waals surface area contributed by atoms with Crippen molar-refractivity contribution in [1.29, 1.82) is 0 Å². The number of aromatic amines is 1. The van der Waals surface area contributed by atoms with Crippen molar-refractivity contribution in [2.75, 3.05) is 6.54 Å². The van der Waals surface area contributed by atoms with Gasteiger partial charge < -0.3 is 9.55 Å². The molecule has 1 aliphatic rings. The number of fused-ring (bicyclic) bond motifs is 1. The van der Waals surface area contributed by atoms with Gasteiger partial charge in [-0.05, 0) is 0 Å². The maximum Gasteiger partial charge on any atom is 0.255 e. The Labute approximate surface area is 123 Å². The molecule has 0 radical (unpaired) electrons. The average Bonchev–Trinajstić information content (AvgIpc) is 2.84. The van der Waals surface area contributed by atoms with Crippen molar-refractivity contribution in [2.24, 2.45) is 7.05 Å². The van der Waals surface area contributed by atoms with Crippen molar-refractivity contribution >= 4 is 0 Å². The first-order valence-electron chi connectivity index (χ1n) is 7.35. The van der Waals surface area contributed by atoms with E-state index in [0.29, 0.717) is 6.54 Å². The highest BCUT2D eigenvalue weighted by Crippen LogP contribution is 2.17. The van der Waals surface area contributed by atoms with Crippen LogP contribution in [-0.2, 0) is 26.6 Å². The van der Waals surface area contributed by atoms with E-state index in [1.165, 1.54) is 0 Å². The van der Waals surface area contributed by atoms with E-state index in [0.717, 1.165) is 42.4 Å². The van der Waals surface area contributed by atoms with Crippen LogP contribution in [0.4, 0.5) is 0 Å². The first-order valence-corrected chi connectivity index (χ1v) is 7.35. The van der Waals surface area contributed by atoms with Crippen LogP contribution in [0.2, 0.25) is 0 Å². The molecule has 6 heteroatoms. The molecular weight excluding hydrogens is 266 g/mol. The van der Waals surface area contributed by atoms with Crippen LogP contribution < -0.4 is 5.56 Å². The second-order valence-electron chi connectivity index (χ2n) is 5.95. The van der Waals surface area contributed by atoms with Gasteiger partial charge in [0.05, 0.1) is 17.8 Å². The predicted octanol–water partition coefficient (Wildman–Crippen LogP) is 1.19.